The van der Waals surface area contributed by atoms with Gasteiger partial charge in [0.15, 0.2) is 5.82 Å². The number of nitrogens with one attached hydrogen (secondary N) is 1. The molecule has 19 heavy (non-hydrogen) atoms. The molecule has 0 fully saturated rings. The van der Waals surface area contributed by atoms with Gasteiger partial charge in [-0.15, -0.1) is 0 Å². The van der Waals surface area contributed by atoms with Gasteiger partial charge < -0.3 is 5.32 Å². The van der Waals surface area contributed by atoms with Crippen LogP contribution in [-0.2, 0) is 0 Å². The van der Waals surface area contributed by atoms with E-state index in [9.17, 15) is 0 Å². The fourth-order valence-corrected chi connectivity index (χ4v) is 2.13. The number of hydrogen-bond donors (Lipinski definition) is 1. The molecule has 0 spiro atoms. The molecule has 5 heteroatoms. The summed E-state index contributed by atoms with van der Waals surface area (Å²) in [4.78, 5) is 4.36. The Morgan fingerprint density at radius 3 is 2.74 bits per heavy atom. The normalized spacial score (nSPS) is 12.5. The van der Waals surface area contributed by atoms with Gasteiger partial charge in [-0.1, -0.05) is 23.7 Å². The van der Waals surface area contributed by atoms with Gasteiger partial charge >= 0.3 is 0 Å². The number of aromatic nitrogens is 3. The molecule has 96 valence electrons. The molecule has 1 aromatic carbocycles. The zero-order chi connectivity index (χ0) is 13.2. The Morgan fingerprint density at radius 1 is 1.16 bits per heavy atom. The molecule has 3 rings (SSSR count). The van der Waals surface area contributed by atoms with Crippen molar-refractivity contribution in [3.05, 3.63) is 59.5 Å². The minimum Gasteiger partial charge on any atom is -0.362 e. The summed E-state index contributed by atoms with van der Waals surface area (Å²) < 4.78 is 1.80. The zero-order valence-electron chi connectivity index (χ0n) is 10.4. The summed E-state index contributed by atoms with van der Waals surface area (Å²) in [5.74, 6) is 0.822. The Balaban J connectivity index is 1.88. The second kappa shape index (κ2) is 4.90. The highest BCUT2D eigenvalue weighted by atomic mass is 35.5. The van der Waals surface area contributed by atoms with Crippen molar-refractivity contribution >= 4 is 22.9 Å². The van der Waals surface area contributed by atoms with Crippen molar-refractivity contribution in [3.63, 3.8) is 0 Å². The van der Waals surface area contributed by atoms with E-state index in [1.54, 1.807) is 16.9 Å². The maximum atomic E-state index is 5.90. The van der Waals surface area contributed by atoms with Crippen molar-refractivity contribution in [2.24, 2.45) is 0 Å². The van der Waals surface area contributed by atoms with E-state index in [2.05, 4.69) is 22.3 Å². The Kier molecular flexibility index (Phi) is 3.09. The van der Waals surface area contributed by atoms with Gasteiger partial charge in [-0.3, -0.25) is 0 Å². The van der Waals surface area contributed by atoms with Crippen LogP contribution in [0.3, 0.4) is 0 Å². The largest absolute Gasteiger partial charge is 0.362 e. The molecular weight excluding hydrogens is 260 g/mol. The molecule has 1 unspecified atom stereocenters. The smallest absolute Gasteiger partial charge is 0.152 e. The first kappa shape index (κ1) is 12.0. The number of anilines is 1. The zero-order valence-corrected chi connectivity index (χ0v) is 11.2. The number of rotatable bonds is 3. The minimum atomic E-state index is 0.144. The van der Waals surface area contributed by atoms with Crippen LogP contribution < -0.4 is 5.32 Å². The average Bonchev–Trinajstić information content (AvgIpc) is 2.89. The first-order valence-corrected chi connectivity index (χ1v) is 6.42. The molecule has 1 atom stereocenters. The van der Waals surface area contributed by atoms with E-state index in [1.807, 2.05) is 36.5 Å². The summed E-state index contributed by atoms with van der Waals surface area (Å²) in [7, 11) is 0. The summed E-state index contributed by atoms with van der Waals surface area (Å²) in [6.07, 6.45) is 5.32. The standard InChI is InChI=1S/C14H13ClN4/c1-10(11-2-4-12(15)5-3-11)18-14-13-6-7-17-19(13)9-8-16-14/h2-10H,1H3,(H,16,18). The van der Waals surface area contributed by atoms with E-state index >= 15 is 0 Å². The number of fused-ring (bicyclic) bond motifs is 1. The van der Waals surface area contributed by atoms with Crippen molar-refractivity contribution in [3.8, 4) is 0 Å². The summed E-state index contributed by atoms with van der Waals surface area (Å²) >= 11 is 5.90. The molecule has 0 radical (unpaired) electrons. The highest BCUT2D eigenvalue weighted by molar-refractivity contribution is 6.30. The molecule has 0 aliphatic carbocycles. The fourth-order valence-electron chi connectivity index (χ4n) is 2.01. The van der Waals surface area contributed by atoms with Crippen LogP contribution >= 0.6 is 11.6 Å². The summed E-state index contributed by atoms with van der Waals surface area (Å²) in [6.45, 7) is 2.09. The third-order valence-electron chi connectivity index (χ3n) is 3.05. The fraction of sp³-hybridized carbons (Fsp3) is 0.143. The molecule has 0 saturated heterocycles. The Labute approximate surface area is 116 Å². The van der Waals surface area contributed by atoms with Gasteiger partial charge in [-0.2, -0.15) is 5.10 Å². The molecule has 0 bridgehead atoms. The van der Waals surface area contributed by atoms with Gasteiger partial charge in [-0.05, 0) is 30.7 Å². The van der Waals surface area contributed by atoms with Gasteiger partial charge in [-0.25, -0.2) is 9.50 Å². The van der Waals surface area contributed by atoms with Gasteiger partial charge in [0.25, 0.3) is 0 Å². The first-order chi connectivity index (χ1) is 9.24. The van der Waals surface area contributed by atoms with Crippen LogP contribution in [0.25, 0.3) is 5.52 Å². The van der Waals surface area contributed by atoms with E-state index in [4.69, 9.17) is 11.6 Å². The van der Waals surface area contributed by atoms with Crippen LogP contribution in [0.5, 0.6) is 0 Å². The molecule has 0 aliphatic rings. The predicted molar refractivity (Wildman–Crippen MR) is 76.5 cm³/mol. The van der Waals surface area contributed by atoms with E-state index in [0.717, 1.165) is 21.9 Å². The molecule has 0 amide bonds. The quantitative estimate of drug-likeness (QED) is 0.793. The number of hydrogen-bond acceptors (Lipinski definition) is 3. The number of benzene rings is 1. The second-order valence-electron chi connectivity index (χ2n) is 4.35. The van der Waals surface area contributed by atoms with Crippen LogP contribution in [0, 0.1) is 0 Å². The lowest BCUT2D eigenvalue weighted by Crippen LogP contribution is -2.09. The van der Waals surface area contributed by atoms with Crippen molar-refractivity contribution in [2.45, 2.75) is 13.0 Å². The number of nitrogens with zero attached hydrogens (tertiary/aromatic N) is 3. The highest BCUT2D eigenvalue weighted by Gasteiger charge is 2.09. The summed E-state index contributed by atoms with van der Waals surface area (Å²) in [6, 6.07) is 9.88. The lowest BCUT2D eigenvalue weighted by molar-refractivity contribution is 0.867. The molecule has 0 saturated carbocycles. The number of halogens is 1. The topological polar surface area (TPSA) is 42.2 Å². The molecule has 3 aromatic rings. The lowest BCUT2D eigenvalue weighted by Gasteiger charge is -2.15. The highest BCUT2D eigenvalue weighted by Crippen LogP contribution is 2.22. The van der Waals surface area contributed by atoms with Crippen molar-refractivity contribution in [1.29, 1.82) is 0 Å². The van der Waals surface area contributed by atoms with Crippen LogP contribution in [-0.4, -0.2) is 14.6 Å². The third kappa shape index (κ3) is 2.39. The third-order valence-corrected chi connectivity index (χ3v) is 3.30. The Bertz CT molecular complexity index is 690. The maximum absolute atomic E-state index is 5.90. The Morgan fingerprint density at radius 2 is 1.95 bits per heavy atom. The van der Waals surface area contributed by atoms with Crippen molar-refractivity contribution < 1.29 is 0 Å². The molecule has 0 aliphatic heterocycles. The summed E-state index contributed by atoms with van der Waals surface area (Å²) in [5, 5.41) is 8.32. The molecule has 4 nitrogen and oxygen atoms in total. The van der Waals surface area contributed by atoms with Crippen LogP contribution in [0.4, 0.5) is 5.82 Å². The first-order valence-electron chi connectivity index (χ1n) is 6.04. The summed E-state index contributed by atoms with van der Waals surface area (Å²) in [5.41, 5.74) is 2.12. The molecule has 2 heterocycles. The van der Waals surface area contributed by atoms with Gasteiger partial charge in [0.2, 0.25) is 0 Å². The van der Waals surface area contributed by atoms with Crippen LogP contribution in [0.15, 0.2) is 48.9 Å². The predicted octanol–water partition coefficient (Wildman–Crippen LogP) is 3.56. The van der Waals surface area contributed by atoms with Crippen molar-refractivity contribution in [2.75, 3.05) is 5.32 Å². The lowest BCUT2D eigenvalue weighted by atomic mass is 10.1. The molecular formula is C14H13ClN4. The van der Waals surface area contributed by atoms with Crippen LogP contribution in [0.1, 0.15) is 18.5 Å². The van der Waals surface area contributed by atoms with Gasteiger partial charge in [0, 0.05) is 17.4 Å². The molecule has 2 aromatic heterocycles. The van der Waals surface area contributed by atoms with E-state index < -0.39 is 0 Å². The monoisotopic (exact) mass is 272 g/mol. The second-order valence-corrected chi connectivity index (χ2v) is 4.79. The van der Waals surface area contributed by atoms with Gasteiger partial charge in [0.1, 0.15) is 5.52 Å². The van der Waals surface area contributed by atoms with E-state index in [1.165, 1.54) is 0 Å². The van der Waals surface area contributed by atoms with E-state index in [0.29, 0.717) is 0 Å². The average molecular weight is 273 g/mol. The maximum Gasteiger partial charge on any atom is 0.152 e. The van der Waals surface area contributed by atoms with E-state index in [-0.39, 0.29) is 6.04 Å². The van der Waals surface area contributed by atoms with Crippen molar-refractivity contribution in [1.82, 2.24) is 14.6 Å². The van der Waals surface area contributed by atoms with Crippen LogP contribution in [0.2, 0.25) is 5.02 Å². The molecule has 1 N–H and O–H groups in total. The Hall–Kier alpha value is -2.07. The SMILES string of the molecule is CC(Nc1nccn2nccc12)c1ccc(Cl)cc1. The minimum absolute atomic E-state index is 0.144. The van der Waals surface area contributed by atoms with Gasteiger partial charge in [0.05, 0.1) is 12.2 Å².